The van der Waals surface area contributed by atoms with Gasteiger partial charge in [-0.05, 0) is 36.6 Å². The molecule has 0 saturated carbocycles. The zero-order valence-electron chi connectivity index (χ0n) is 13.4. The first kappa shape index (κ1) is 16.6. The van der Waals surface area contributed by atoms with Crippen molar-refractivity contribution in [2.75, 3.05) is 0 Å². The standard InChI is InChI=1S/C18H13N3O3S/c1-9-10(2)25-17-14(9)16(22)20-15(21-17)13(8-19)7-11-3-5-12(6-4-11)18(23)24/h3-7H,1-2H3,(H,23,24)(H,20,21,22)/p-1/b13-7+. The second-order valence-electron chi connectivity index (χ2n) is 5.46. The van der Waals surface area contributed by atoms with E-state index in [0.717, 1.165) is 10.4 Å². The minimum atomic E-state index is -1.27. The number of aromatic carboxylic acids is 1. The van der Waals surface area contributed by atoms with Crippen LogP contribution in [0.5, 0.6) is 0 Å². The van der Waals surface area contributed by atoms with Crippen LogP contribution in [-0.4, -0.2) is 15.9 Å². The summed E-state index contributed by atoms with van der Waals surface area (Å²) in [6.45, 7) is 3.78. The SMILES string of the molecule is Cc1sc2nc(/C(C#N)=C/c3ccc(C(=O)[O-])cc3)[nH]c(=O)c2c1C. The van der Waals surface area contributed by atoms with E-state index in [0.29, 0.717) is 15.8 Å². The number of aryl methyl sites for hydroxylation is 2. The number of allylic oxidation sites excluding steroid dienone is 1. The third kappa shape index (κ3) is 3.07. The number of fused-ring (bicyclic) bond motifs is 1. The molecule has 0 spiro atoms. The largest absolute Gasteiger partial charge is 0.545 e. The predicted molar refractivity (Wildman–Crippen MR) is 94.0 cm³/mol. The molecular weight excluding hydrogens is 338 g/mol. The predicted octanol–water partition coefficient (Wildman–Crippen LogP) is 2.03. The average Bonchev–Trinajstić information content (AvgIpc) is 2.87. The maximum absolute atomic E-state index is 12.3. The third-order valence-corrected chi connectivity index (χ3v) is 4.97. The van der Waals surface area contributed by atoms with Gasteiger partial charge in [0, 0.05) is 4.88 Å². The lowest BCUT2D eigenvalue weighted by atomic mass is 10.1. The number of H-pyrrole nitrogens is 1. The van der Waals surface area contributed by atoms with Crippen LogP contribution in [0.3, 0.4) is 0 Å². The van der Waals surface area contributed by atoms with Gasteiger partial charge in [0.1, 0.15) is 10.9 Å². The van der Waals surface area contributed by atoms with Crippen molar-refractivity contribution in [2.24, 2.45) is 0 Å². The molecule has 2 aromatic heterocycles. The Morgan fingerprint density at radius 2 is 2.00 bits per heavy atom. The molecule has 1 aromatic carbocycles. The van der Waals surface area contributed by atoms with Crippen LogP contribution in [0, 0.1) is 25.2 Å². The van der Waals surface area contributed by atoms with E-state index in [2.05, 4.69) is 9.97 Å². The summed E-state index contributed by atoms with van der Waals surface area (Å²) in [5.74, 6) is -1.08. The van der Waals surface area contributed by atoms with Crippen LogP contribution in [0.1, 0.15) is 32.2 Å². The maximum atomic E-state index is 12.3. The normalized spacial score (nSPS) is 11.5. The molecule has 0 saturated heterocycles. The van der Waals surface area contributed by atoms with Gasteiger partial charge in [-0.1, -0.05) is 24.3 Å². The molecular formula is C18H12N3O3S-. The molecule has 3 rings (SSSR count). The van der Waals surface area contributed by atoms with Crippen molar-refractivity contribution >= 4 is 39.2 Å². The van der Waals surface area contributed by atoms with Crippen LogP contribution in [0.4, 0.5) is 0 Å². The molecule has 0 aliphatic carbocycles. The molecule has 1 N–H and O–H groups in total. The summed E-state index contributed by atoms with van der Waals surface area (Å²) in [6.07, 6.45) is 1.54. The Hall–Kier alpha value is -3.24. The van der Waals surface area contributed by atoms with Crippen LogP contribution < -0.4 is 10.7 Å². The number of carboxylic acid groups (broad SMARTS) is 1. The fourth-order valence-electron chi connectivity index (χ4n) is 2.42. The van der Waals surface area contributed by atoms with Gasteiger partial charge in [-0.2, -0.15) is 5.26 Å². The highest BCUT2D eigenvalue weighted by Crippen LogP contribution is 2.26. The first-order valence-corrected chi connectivity index (χ1v) is 8.16. The molecule has 0 atom stereocenters. The Bertz CT molecular complexity index is 1120. The molecule has 25 heavy (non-hydrogen) atoms. The number of hydrogen-bond donors (Lipinski definition) is 1. The minimum absolute atomic E-state index is 0.0492. The second kappa shape index (κ2) is 6.34. The average molecular weight is 350 g/mol. The number of aromatic amines is 1. The summed E-state index contributed by atoms with van der Waals surface area (Å²) in [6, 6.07) is 7.91. The van der Waals surface area contributed by atoms with Crippen molar-refractivity contribution in [1.82, 2.24) is 9.97 Å². The topological polar surface area (TPSA) is 110 Å². The summed E-state index contributed by atoms with van der Waals surface area (Å²) in [4.78, 5) is 31.7. The van der Waals surface area contributed by atoms with Gasteiger partial charge in [0.25, 0.3) is 5.56 Å². The molecule has 0 aliphatic rings. The molecule has 0 unspecified atom stereocenters. The van der Waals surface area contributed by atoms with Crippen LogP contribution in [0.15, 0.2) is 29.1 Å². The summed E-state index contributed by atoms with van der Waals surface area (Å²) in [7, 11) is 0. The van der Waals surface area contributed by atoms with Gasteiger partial charge in [-0.3, -0.25) is 4.79 Å². The van der Waals surface area contributed by atoms with E-state index in [4.69, 9.17) is 0 Å². The smallest absolute Gasteiger partial charge is 0.260 e. The van der Waals surface area contributed by atoms with Gasteiger partial charge in [-0.15, -0.1) is 11.3 Å². The number of benzene rings is 1. The van der Waals surface area contributed by atoms with E-state index in [1.54, 1.807) is 12.1 Å². The molecule has 0 fully saturated rings. The number of carbonyl (C=O) groups excluding carboxylic acids is 1. The lowest BCUT2D eigenvalue weighted by molar-refractivity contribution is -0.255. The summed E-state index contributed by atoms with van der Waals surface area (Å²) >= 11 is 1.41. The van der Waals surface area contributed by atoms with Crippen molar-refractivity contribution in [2.45, 2.75) is 13.8 Å². The summed E-state index contributed by atoms with van der Waals surface area (Å²) in [5.41, 5.74) is 1.45. The van der Waals surface area contributed by atoms with Crippen LogP contribution in [0.25, 0.3) is 21.9 Å². The third-order valence-electron chi connectivity index (χ3n) is 3.87. The van der Waals surface area contributed by atoms with Gasteiger partial charge < -0.3 is 14.9 Å². The number of hydrogen-bond acceptors (Lipinski definition) is 6. The fourth-order valence-corrected chi connectivity index (χ4v) is 3.45. The van der Waals surface area contributed by atoms with E-state index >= 15 is 0 Å². The highest BCUT2D eigenvalue weighted by molar-refractivity contribution is 7.18. The molecule has 3 aromatic rings. The van der Waals surface area contributed by atoms with Gasteiger partial charge in [0.05, 0.1) is 16.9 Å². The van der Waals surface area contributed by atoms with Crippen molar-refractivity contribution in [1.29, 1.82) is 5.26 Å². The second-order valence-corrected chi connectivity index (χ2v) is 6.66. The number of thiophene rings is 1. The Labute approximate surface area is 146 Å². The Kier molecular flexibility index (Phi) is 4.21. The number of rotatable bonds is 3. The monoisotopic (exact) mass is 350 g/mol. The van der Waals surface area contributed by atoms with E-state index in [9.17, 15) is 20.0 Å². The first-order valence-electron chi connectivity index (χ1n) is 7.34. The minimum Gasteiger partial charge on any atom is -0.545 e. The highest BCUT2D eigenvalue weighted by Gasteiger charge is 2.13. The van der Waals surface area contributed by atoms with Gasteiger partial charge in [-0.25, -0.2) is 4.98 Å². The Morgan fingerprint density at radius 1 is 1.32 bits per heavy atom. The number of carbonyl (C=O) groups is 1. The van der Waals surface area contributed by atoms with Crippen LogP contribution in [0.2, 0.25) is 0 Å². The molecule has 6 nitrogen and oxygen atoms in total. The highest BCUT2D eigenvalue weighted by atomic mass is 32.1. The number of nitrogens with one attached hydrogen (secondary N) is 1. The molecule has 0 radical (unpaired) electrons. The lowest BCUT2D eigenvalue weighted by Gasteiger charge is -2.03. The van der Waals surface area contributed by atoms with Gasteiger partial charge >= 0.3 is 0 Å². The summed E-state index contributed by atoms with van der Waals surface area (Å²) < 4.78 is 0. The lowest BCUT2D eigenvalue weighted by Crippen LogP contribution is -2.21. The van der Waals surface area contributed by atoms with Crippen LogP contribution in [-0.2, 0) is 0 Å². The van der Waals surface area contributed by atoms with E-state index in [1.807, 2.05) is 19.9 Å². The van der Waals surface area contributed by atoms with Crippen molar-refractivity contribution in [3.05, 3.63) is 62.0 Å². The molecule has 0 amide bonds. The van der Waals surface area contributed by atoms with Gasteiger partial charge in [0.2, 0.25) is 0 Å². The zero-order valence-corrected chi connectivity index (χ0v) is 14.2. The molecule has 0 bridgehead atoms. The molecule has 0 aliphatic heterocycles. The molecule has 7 heteroatoms. The Balaban J connectivity index is 2.09. The zero-order chi connectivity index (χ0) is 18.1. The summed E-state index contributed by atoms with van der Waals surface area (Å²) in [5, 5.41) is 20.7. The first-order chi connectivity index (χ1) is 11.9. The number of aromatic nitrogens is 2. The van der Waals surface area contributed by atoms with Crippen molar-refractivity contribution < 1.29 is 9.90 Å². The van der Waals surface area contributed by atoms with E-state index in [1.165, 1.54) is 29.5 Å². The van der Waals surface area contributed by atoms with E-state index < -0.39 is 5.97 Å². The maximum Gasteiger partial charge on any atom is 0.260 e. The molecule has 124 valence electrons. The van der Waals surface area contributed by atoms with Crippen molar-refractivity contribution in [3.63, 3.8) is 0 Å². The van der Waals surface area contributed by atoms with Crippen LogP contribution >= 0.6 is 11.3 Å². The number of carboxylic acids is 1. The number of nitrogens with zero attached hydrogens (tertiary/aromatic N) is 2. The van der Waals surface area contributed by atoms with E-state index in [-0.39, 0.29) is 22.5 Å². The quantitative estimate of drug-likeness (QED) is 0.727. The Morgan fingerprint density at radius 3 is 2.60 bits per heavy atom. The van der Waals surface area contributed by atoms with Gasteiger partial charge in [0.15, 0.2) is 5.82 Å². The molecule has 2 heterocycles. The van der Waals surface area contributed by atoms with Crippen molar-refractivity contribution in [3.8, 4) is 6.07 Å². The number of nitriles is 1. The fraction of sp³-hybridized carbons (Fsp3) is 0.111.